The van der Waals surface area contributed by atoms with Gasteiger partial charge in [0.1, 0.15) is 22.9 Å². The van der Waals surface area contributed by atoms with Crippen LogP contribution < -0.4 is 15.4 Å². The van der Waals surface area contributed by atoms with E-state index in [9.17, 15) is 5.11 Å². The molecule has 0 saturated carbocycles. The molecule has 1 aromatic heterocycles. The van der Waals surface area contributed by atoms with Gasteiger partial charge in [-0.3, -0.25) is 0 Å². The Labute approximate surface area is 180 Å². The number of benzene rings is 1. The lowest BCUT2D eigenvalue weighted by atomic mass is 9.96. The highest BCUT2D eigenvalue weighted by Crippen LogP contribution is 2.27. The molecular weight excluding hydrogens is 380 g/mol. The molecule has 0 aliphatic carbocycles. The molecule has 0 aliphatic rings. The quantitative estimate of drug-likeness (QED) is 0.431. The molecule has 0 aliphatic heterocycles. The molecule has 1 heterocycles. The third-order valence-corrected chi connectivity index (χ3v) is 5.10. The van der Waals surface area contributed by atoms with Crippen LogP contribution in [0.15, 0.2) is 39.7 Å². The lowest BCUT2D eigenvalue weighted by Crippen LogP contribution is -2.42. The molecule has 2 atom stereocenters. The Hall–Kier alpha value is -2.51. The number of ether oxygens (including phenoxy) is 1. The van der Waals surface area contributed by atoms with Crippen molar-refractivity contribution in [2.24, 2.45) is 4.99 Å². The molecular formula is C23H36N4O3. The SMILES string of the molecule is CCNC(=NCC(C)(O)c1cc(C)oc1C)NCC(c1ccc(OC)cc1)N(C)C. The van der Waals surface area contributed by atoms with E-state index in [1.807, 2.05) is 39.0 Å². The van der Waals surface area contributed by atoms with Crippen LogP contribution in [0.2, 0.25) is 0 Å². The molecule has 2 rings (SSSR count). The van der Waals surface area contributed by atoms with E-state index in [-0.39, 0.29) is 12.6 Å². The van der Waals surface area contributed by atoms with Crippen molar-refractivity contribution in [3.63, 3.8) is 0 Å². The van der Waals surface area contributed by atoms with E-state index in [1.165, 1.54) is 5.56 Å². The van der Waals surface area contributed by atoms with Gasteiger partial charge in [0.25, 0.3) is 0 Å². The summed E-state index contributed by atoms with van der Waals surface area (Å²) in [6.07, 6.45) is 0. The molecule has 7 nitrogen and oxygen atoms in total. The lowest BCUT2D eigenvalue weighted by molar-refractivity contribution is 0.0657. The van der Waals surface area contributed by atoms with Crippen molar-refractivity contribution in [1.29, 1.82) is 0 Å². The number of nitrogens with one attached hydrogen (secondary N) is 2. The first-order valence-electron chi connectivity index (χ1n) is 10.3. The zero-order chi connectivity index (χ0) is 22.3. The molecule has 30 heavy (non-hydrogen) atoms. The van der Waals surface area contributed by atoms with Gasteiger partial charge >= 0.3 is 0 Å². The van der Waals surface area contributed by atoms with E-state index in [0.29, 0.717) is 12.5 Å². The van der Waals surface area contributed by atoms with Gasteiger partial charge in [-0.1, -0.05) is 12.1 Å². The second-order valence-corrected chi connectivity index (χ2v) is 7.93. The monoisotopic (exact) mass is 416 g/mol. The Morgan fingerprint density at radius 1 is 1.23 bits per heavy atom. The number of likely N-dealkylation sites (N-methyl/N-ethyl adjacent to an activating group) is 1. The van der Waals surface area contributed by atoms with Gasteiger partial charge < -0.3 is 29.8 Å². The van der Waals surface area contributed by atoms with Gasteiger partial charge in [-0.05, 0) is 65.6 Å². The van der Waals surface area contributed by atoms with E-state index >= 15 is 0 Å². The normalized spacial score (nSPS) is 15.0. The topological polar surface area (TPSA) is 82.3 Å². The van der Waals surface area contributed by atoms with E-state index in [2.05, 4.69) is 46.8 Å². The smallest absolute Gasteiger partial charge is 0.191 e. The Bertz CT molecular complexity index is 825. The highest BCUT2D eigenvalue weighted by Gasteiger charge is 2.27. The summed E-state index contributed by atoms with van der Waals surface area (Å²) in [5.74, 6) is 3.00. The number of aryl methyl sites for hydroxylation is 2. The van der Waals surface area contributed by atoms with Gasteiger partial charge in [0, 0.05) is 18.7 Å². The number of aliphatic imine (C=N–C) groups is 1. The van der Waals surface area contributed by atoms with Crippen molar-refractivity contribution in [1.82, 2.24) is 15.5 Å². The largest absolute Gasteiger partial charge is 0.497 e. The molecule has 166 valence electrons. The van der Waals surface area contributed by atoms with Crippen molar-refractivity contribution in [3.8, 4) is 5.75 Å². The Morgan fingerprint density at radius 2 is 1.90 bits per heavy atom. The number of hydrogen-bond acceptors (Lipinski definition) is 5. The second kappa shape index (κ2) is 10.5. The van der Waals surface area contributed by atoms with Crippen LogP contribution in [0.25, 0.3) is 0 Å². The first kappa shape index (κ1) is 23.8. The first-order chi connectivity index (χ1) is 14.2. The molecule has 2 unspecified atom stereocenters. The summed E-state index contributed by atoms with van der Waals surface area (Å²) in [5.41, 5.74) is 0.839. The van der Waals surface area contributed by atoms with Gasteiger partial charge in [-0.25, -0.2) is 4.99 Å². The molecule has 0 spiro atoms. The van der Waals surface area contributed by atoms with Crippen LogP contribution in [0.3, 0.4) is 0 Å². The Balaban J connectivity index is 2.11. The predicted molar refractivity (Wildman–Crippen MR) is 121 cm³/mol. The maximum Gasteiger partial charge on any atom is 0.191 e. The number of nitrogens with zero attached hydrogens (tertiary/aromatic N) is 2. The molecule has 1 aromatic carbocycles. The summed E-state index contributed by atoms with van der Waals surface area (Å²) < 4.78 is 10.8. The molecule has 0 saturated heterocycles. The van der Waals surface area contributed by atoms with Gasteiger partial charge in [-0.15, -0.1) is 0 Å². The number of rotatable bonds is 9. The summed E-state index contributed by atoms with van der Waals surface area (Å²) in [5, 5.41) is 17.6. The first-order valence-corrected chi connectivity index (χ1v) is 10.3. The summed E-state index contributed by atoms with van der Waals surface area (Å²) >= 11 is 0. The predicted octanol–water partition coefficient (Wildman–Crippen LogP) is 2.97. The molecule has 0 fully saturated rings. The zero-order valence-corrected chi connectivity index (χ0v) is 19.2. The van der Waals surface area contributed by atoms with Gasteiger partial charge in [0.15, 0.2) is 5.96 Å². The van der Waals surface area contributed by atoms with Crippen molar-refractivity contribution in [2.45, 2.75) is 39.3 Å². The third kappa shape index (κ3) is 6.24. The summed E-state index contributed by atoms with van der Waals surface area (Å²) in [4.78, 5) is 6.79. The van der Waals surface area contributed by atoms with Gasteiger partial charge in [-0.2, -0.15) is 0 Å². The fourth-order valence-electron chi connectivity index (χ4n) is 3.44. The number of methoxy groups -OCH3 is 1. The van der Waals surface area contributed by atoms with Crippen LogP contribution in [0.5, 0.6) is 5.75 Å². The minimum atomic E-state index is -1.11. The molecule has 7 heteroatoms. The minimum Gasteiger partial charge on any atom is -0.497 e. The minimum absolute atomic E-state index is 0.152. The van der Waals surface area contributed by atoms with Crippen molar-refractivity contribution in [2.75, 3.05) is 40.8 Å². The third-order valence-electron chi connectivity index (χ3n) is 5.10. The summed E-state index contributed by atoms with van der Waals surface area (Å²) in [6.45, 7) is 9.13. The maximum atomic E-state index is 10.9. The molecule has 0 radical (unpaired) electrons. The Morgan fingerprint density at radius 3 is 2.40 bits per heavy atom. The number of hydrogen-bond donors (Lipinski definition) is 3. The highest BCUT2D eigenvalue weighted by molar-refractivity contribution is 5.79. The van der Waals surface area contributed by atoms with E-state index < -0.39 is 5.60 Å². The van der Waals surface area contributed by atoms with Gasteiger partial charge in [0.2, 0.25) is 0 Å². The number of guanidine groups is 1. The van der Waals surface area contributed by atoms with Crippen molar-refractivity contribution < 1.29 is 14.3 Å². The fraction of sp³-hybridized carbons (Fsp3) is 0.522. The molecule has 2 aromatic rings. The van der Waals surface area contributed by atoms with Crippen LogP contribution in [0, 0.1) is 13.8 Å². The van der Waals surface area contributed by atoms with Crippen LogP contribution in [0.1, 0.15) is 42.5 Å². The maximum absolute atomic E-state index is 10.9. The highest BCUT2D eigenvalue weighted by atomic mass is 16.5. The second-order valence-electron chi connectivity index (χ2n) is 7.93. The Kier molecular flexibility index (Phi) is 8.32. The zero-order valence-electron chi connectivity index (χ0n) is 19.2. The van der Waals surface area contributed by atoms with E-state index in [0.717, 1.165) is 29.4 Å². The van der Waals surface area contributed by atoms with Crippen LogP contribution in [-0.4, -0.2) is 56.8 Å². The molecule has 0 amide bonds. The number of aliphatic hydroxyl groups is 1. The standard InChI is InChI=1S/C23H36N4O3/c1-8-24-22(26-15-23(4,28)20-13-16(2)30-17(20)3)25-14-21(27(5)6)18-9-11-19(29-7)12-10-18/h9-13,21,28H,8,14-15H2,1-7H3,(H2,24,25,26). The molecule has 3 N–H and O–H groups in total. The summed E-state index contributed by atoms with van der Waals surface area (Å²) in [6, 6.07) is 10.1. The van der Waals surface area contributed by atoms with Crippen LogP contribution >= 0.6 is 0 Å². The van der Waals surface area contributed by atoms with E-state index in [4.69, 9.17) is 9.15 Å². The van der Waals surface area contributed by atoms with Gasteiger partial charge in [0.05, 0.1) is 19.7 Å². The van der Waals surface area contributed by atoms with E-state index in [1.54, 1.807) is 14.0 Å². The van der Waals surface area contributed by atoms with Crippen LogP contribution in [0.4, 0.5) is 0 Å². The van der Waals surface area contributed by atoms with Crippen molar-refractivity contribution in [3.05, 3.63) is 53.0 Å². The van der Waals surface area contributed by atoms with Crippen molar-refractivity contribution >= 4 is 5.96 Å². The molecule has 0 bridgehead atoms. The summed E-state index contributed by atoms with van der Waals surface area (Å²) in [7, 11) is 5.77. The average Bonchev–Trinajstić information content (AvgIpc) is 3.05. The number of furan rings is 1. The fourth-order valence-corrected chi connectivity index (χ4v) is 3.44. The lowest BCUT2D eigenvalue weighted by Gasteiger charge is -2.27. The van der Waals surface area contributed by atoms with Crippen LogP contribution in [-0.2, 0) is 5.60 Å². The average molecular weight is 417 g/mol.